The predicted molar refractivity (Wildman–Crippen MR) is 108 cm³/mol. The largest absolute Gasteiger partial charge is 0.461 e. The van der Waals surface area contributed by atoms with E-state index in [2.05, 4.69) is 20.2 Å². The first kappa shape index (κ1) is 23.2. The lowest BCUT2D eigenvalue weighted by atomic mass is 10.00. The number of halogens is 3. The molecule has 0 N–H and O–H groups in total. The smallest absolute Gasteiger partial charge is 0.419 e. The monoisotopic (exact) mass is 449 g/mol. The van der Waals surface area contributed by atoms with Crippen LogP contribution in [0, 0.1) is 13.8 Å². The highest BCUT2D eigenvalue weighted by atomic mass is 19.4. The second-order valence-corrected chi connectivity index (χ2v) is 7.13. The van der Waals surface area contributed by atoms with E-state index in [0.717, 1.165) is 5.56 Å². The first-order valence-electron chi connectivity index (χ1n) is 9.85. The van der Waals surface area contributed by atoms with Crippen molar-refractivity contribution < 1.29 is 27.1 Å². The van der Waals surface area contributed by atoms with Crippen LogP contribution in [0.4, 0.5) is 13.2 Å². The van der Waals surface area contributed by atoms with E-state index in [9.17, 15) is 18.0 Å². The first-order chi connectivity index (χ1) is 15.1. The summed E-state index contributed by atoms with van der Waals surface area (Å²) in [6.45, 7) is 7.44. The van der Waals surface area contributed by atoms with Crippen LogP contribution in [0.25, 0.3) is 11.5 Å². The average Bonchev–Trinajstić information content (AvgIpc) is 3.18. The second kappa shape index (κ2) is 9.33. The van der Waals surface area contributed by atoms with E-state index in [4.69, 9.17) is 9.15 Å². The minimum atomic E-state index is -4.53. The van der Waals surface area contributed by atoms with Gasteiger partial charge in [-0.15, -0.1) is 10.2 Å². The van der Waals surface area contributed by atoms with Gasteiger partial charge in [0.15, 0.2) is 0 Å². The summed E-state index contributed by atoms with van der Waals surface area (Å²) in [6.07, 6.45) is -3.22. The molecule has 0 spiro atoms. The summed E-state index contributed by atoms with van der Waals surface area (Å²) in [6, 6.07) is 4.66. The van der Waals surface area contributed by atoms with Crippen LogP contribution in [-0.4, -0.2) is 50.2 Å². The molecule has 2 aromatic heterocycles. The number of likely N-dealkylation sites (N-methyl/N-ethyl adjacent to an activating group) is 1. The van der Waals surface area contributed by atoms with E-state index >= 15 is 0 Å². The zero-order chi connectivity index (χ0) is 23.5. The Hall–Kier alpha value is -3.50. The fraction of sp³-hybridized carbons (Fsp3) is 0.381. The molecule has 0 radical (unpaired) electrons. The van der Waals surface area contributed by atoms with E-state index < -0.39 is 17.8 Å². The van der Waals surface area contributed by atoms with Crippen molar-refractivity contribution in [3.05, 3.63) is 53.2 Å². The summed E-state index contributed by atoms with van der Waals surface area (Å²) in [7, 11) is 0. The number of carbonyl (C=O) groups is 1. The van der Waals surface area contributed by atoms with Crippen LogP contribution in [0.5, 0.6) is 6.01 Å². The van der Waals surface area contributed by atoms with Crippen LogP contribution in [-0.2, 0) is 6.18 Å². The highest BCUT2D eigenvalue weighted by molar-refractivity contribution is 6.00. The van der Waals surface area contributed by atoms with E-state index in [1.807, 2.05) is 19.9 Å². The quantitative estimate of drug-likeness (QED) is 0.536. The molecular formula is C21H22F3N5O3. The molecule has 11 heteroatoms. The summed E-state index contributed by atoms with van der Waals surface area (Å²) in [5.74, 6) is 0.362. The zero-order valence-electron chi connectivity index (χ0n) is 18.0. The fourth-order valence-corrected chi connectivity index (χ4v) is 3.16. The maximum atomic E-state index is 13.4. The summed E-state index contributed by atoms with van der Waals surface area (Å²) < 4.78 is 48.9. The van der Waals surface area contributed by atoms with Gasteiger partial charge >= 0.3 is 12.2 Å². The zero-order valence-corrected chi connectivity index (χ0v) is 18.0. The summed E-state index contributed by atoms with van der Waals surface area (Å²) in [5.41, 5.74) is 0.785. The van der Waals surface area contributed by atoms with Gasteiger partial charge in [-0.1, -0.05) is 12.1 Å². The minimum Gasteiger partial charge on any atom is -0.461 e. The van der Waals surface area contributed by atoms with Gasteiger partial charge in [-0.25, -0.2) is 9.97 Å². The highest BCUT2D eigenvalue weighted by Gasteiger charge is 2.31. The van der Waals surface area contributed by atoms with Gasteiger partial charge in [-0.05, 0) is 32.4 Å². The van der Waals surface area contributed by atoms with E-state index in [1.54, 1.807) is 30.9 Å². The third-order valence-corrected chi connectivity index (χ3v) is 4.79. The van der Waals surface area contributed by atoms with Crippen LogP contribution in [0.1, 0.15) is 41.2 Å². The van der Waals surface area contributed by atoms with Gasteiger partial charge in [-0.3, -0.25) is 4.79 Å². The number of hydrogen-bond donors (Lipinski definition) is 0. The number of nitrogens with zero attached hydrogens (tertiary/aromatic N) is 5. The Bertz CT molecular complexity index is 1080. The number of hydrogen-bond acceptors (Lipinski definition) is 7. The second-order valence-electron chi connectivity index (χ2n) is 7.13. The normalized spacial score (nSPS) is 12.5. The molecule has 0 aliphatic rings. The molecule has 32 heavy (non-hydrogen) atoms. The van der Waals surface area contributed by atoms with Crippen molar-refractivity contribution in [2.24, 2.45) is 0 Å². The summed E-state index contributed by atoms with van der Waals surface area (Å²) >= 11 is 0. The van der Waals surface area contributed by atoms with Crippen molar-refractivity contribution in [3.63, 3.8) is 0 Å². The van der Waals surface area contributed by atoms with E-state index in [0.29, 0.717) is 36.0 Å². The average molecular weight is 449 g/mol. The molecule has 8 nitrogen and oxygen atoms in total. The van der Waals surface area contributed by atoms with Gasteiger partial charge in [-0.2, -0.15) is 13.2 Å². The van der Waals surface area contributed by atoms with E-state index in [1.165, 1.54) is 0 Å². The highest BCUT2D eigenvalue weighted by Crippen LogP contribution is 2.29. The molecular weight excluding hydrogens is 427 g/mol. The molecule has 1 atom stereocenters. The molecule has 0 aliphatic carbocycles. The first-order valence-corrected chi connectivity index (χ1v) is 9.85. The minimum absolute atomic E-state index is 0.00818. The third kappa shape index (κ3) is 5.04. The van der Waals surface area contributed by atoms with Crippen LogP contribution < -0.4 is 4.74 Å². The number of alkyl halides is 3. The van der Waals surface area contributed by atoms with Crippen LogP contribution in [0.2, 0.25) is 0 Å². The van der Waals surface area contributed by atoms with Gasteiger partial charge in [0, 0.05) is 25.9 Å². The lowest BCUT2D eigenvalue weighted by Crippen LogP contribution is -2.42. The molecule has 1 amide bonds. The van der Waals surface area contributed by atoms with Crippen molar-refractivity contribution in [3.8, 4) is 17.5 Å². The number of aromatic nitrogens is 4. The lowest BCUT2D eigenvalue weighted by Gasteiger charge is -2.28. The SMILES string of the molecule is CCN(C(=O)c1cccc(C)c1-c1nnc(C)o1)C(C)COc1ncc(C(F)(F)F)cn1. The summed E-state index contributed by atoms with van der Waals surface area (Å²) in [4.78, 5) is 22.1. The topological polar surface area (TPSA) is 94.2 Å². The molecule has 3 aromatic rings. The number of ether oxygens (including phenoxy) is 1. The van der Waals surface area contributed by atoms with Crippen molar-refractivity contribution >= 4 is 5.91 Å². The fourth-order valence-electron chi connectivity index (χ4n) is 3.16. The van der Waals surface area contributed by atoms with E-state index in [-0.39, 0.29) is 24.4 Å². The van der Waals surface area contributed by atoms with Gasteiger partial charge < -0.3 is 14.1 Å². The molecule has 0 saturated heterocycles. The Morgan fingerprint density at radius 3 is 2.44 bits per heavy atom. The molecule has 0 bridgehead atoms. The van der Waals surface area contributed by atoms with Crippen LogP contribution in [0.3, 0.4) is 0 Å². The molecule has 0 saturated carbocycles. The van der Waals surface area contributed by atoms with Crippen LogP contribution in [0.15, 0.2) is 35.0 Å². The van der Waals surface area contributed by atoms with Crippen molar-refractivity contribution in [2.45, 2.75) is 39.9 Å². The number of amides is 1. The van der Waals surface area contributed by atoms with Crippen molar-refractivity contribution in [1.29, 1.82) is 0 Å². The Labute approximate surface area is 182 Å². The number of rotatable bonds is 7. The number of benzene rings is 1. The molecule has 170 valence electrons. The molecule has 3 rings (SSSR count). The Morgan fingerprint density at radius 1 is 1.19 bits per heavy atom. The van der Waals surface area contributed by atoms with Gasteiger partial charge in [0.05, 0.1) is 22.7 Å². The molecule has 1 aromatic carbocycles. The lowest BCUT2D eigenvalue weighted by molar-refractivity contribution is -0.138. The summed E-state index contributed by atoms with van der Waals surface area (Å²) in [5, 5.41) is 7.88. The molecule has 1 unspecified atom stereocenters. The van der Waals surface area contributed by atoms with Gasteiger partial charge in [0.1, 0.15) is 6.61 Å². The van der Waals surface area contributed by atoms with Crippen molar-refractivity contribution in [2.75, 3.05) is 13.2 Å². The standard InChI is InChI=1S/C21H22F3N5O3/c1-5-29(13(3)11-31-20-25-9-15(10-26-20)21(22,23)24)19(30)16-8-6-7-12(2)17(16)18-28-27-14(4)32-18/h6-10,13H,5,11H2,1-4H3. The maximum absolute atomic E-state index is 13.4. The molecule has 0 fully saturated rings. The maximum Gasteiger partial charge on any atom is 0.419 e. The Kier molecular flexibility index (Phi) is 6.75. The molecule has 0 aliphatic heterocycles. The molecule has 2 heterocycles. The Balaban J connectivity index is 1.77. The van der Waals surface area contributed by atoms with Gasteiger partial charge in [0.2, 0.25) is 11.8 Å². The van der Waals surface area contributed by atoms with Crippen LogP contribution >= 0.6 is 0 Å². The number of aryl methyl sites for hydroxylation is 2. The third-order valence-electron chi connectivity index (χ3n) is 4.79. The Morgan fingerprint density at radius 2 is 1.88 bits per heavy atom. The number of carbonyl (C=O) groups excluding carboxylic acids is 1. The van der Waals surface area contributed by atoms with Gasteiger partial charge in [0.25, 0.3) is 5.91 Å². The van der Waals surface area contributed by atoms with Crippen molar-refractivity contribution in [1.82, 2.24) is 25.1 Å². The predicted octanol–water partition coefficient (Wildman–Crippen LogP) is 4.09.